The molecule has 142 valence electrons. The second kappa shape index (κ2) is 8.75. The molecule has 1 aromatic carbocycles. The van der Waals surface area contributed by atoms with Gasteiger partial charge < -0.3 is 5.32 Å². The van der Waals surface area contributed by atoms with Crippen molar-refractivity contribution in [2.45, 2.75) is 50.8 Å². The Morgan fingerprint density at radius 1 is 1.12 bits per heavy atom. The molecular formula is C18H25N3O3S2. The summed E-state index contributed by atoms with van der Waals surface area (Å²) in [5.74, 6) is 0.365. The van der Waals surface area contributed by atoms with Gasteiger partial charge in [-0.05, 0) is 29.5 Å². The van der Waals surface area contributed by atoms with Crippen LogP contribution in [0.3, 0.4) is 0 Å². The molecule has 26 heavy (non-hydrogen) atoms. The Labute approximate surface area is 159 Å². The molecule has 0 aliphatic rings. The van der Waals surface area contributed by atoms with E-state index in [-0.39, 0.29) is 23.8 Å². The van der Waals surface area contributed by atoms with Crippen molar-refractivity contribution in [2.24, 2.45) is 0 Å². The summed E-state index contributed by atoms with van der Waals surface area (Å²) in [6, 6.07) is 6.78. The number of carbonyl (C=O) groups excluding carboxylic acids is 1. The predicted octanol–water partition coefficient (Wildman–Crippen LogP) is 3.70. The van der Waals surface area contributed by atoms with E-state index in [0.29, 0.717) is 17.0 Å². The minimum absolute atomic E-state index is 0.0303. The zero-order valence-corrected chi connectivity index (χ0v) is 17.1. The van der Waals surface area contributed by atoms with Gasteiger partial charge in [-0.1, -0.05) is 39.8 Å². The first-order chi connectivity index (χ1) is 12.2. The van der Waals surface area contributed by atoms with Gasteiger partial charge in [-0.2, -0.15) is 0 Å². The van der Waals surface area contributed by atoms with Crippen LogP contribution in [0.25, 0.3) is 0 Å². The lowest BCUT2D eigenvalue weighted by Crippen LogP contribution is -2.27. The van der Waals surface area contributed by atoms with Gasteiger partial charge in [-0.15, -0.1) is 11.3 Å². The Hall–Kier alpha value is -1.77. The van der Waals surface area contributed by atoms with Crippen LogP contribution in [-0.4, -0.2) is 25.9 Å². The molecule has 0 aliphatic carbocycles. The minimum atomic E-state index is -3.62. The smallest absolute Gasteiger partial charge is 0.240 e. The van der Waals surface area contributed by atoms with Gasteiger partial charge in [0.05, 0.1) is 10.6 Å². The average molecular weight is 396 g/mol. The third-order valence-electron chi connectivity index (χ3n) is 3.86. The monoisotopic (exact) mass is 395 g/mol. The lowest BCUT2D eigenvalue weighted by molar-refractivity contribution is -0.116. The number of hydrogen-bond donors (Lipinski definition) is 2. The van der Waals surface area contributed by atoms with Gasteiger partial charge in [-0.3, -0.25) is 4.79 Å². The molecule has 1 aromatic heterocycles. The fourth-order valence-corrected chi connectivity index (χ4v) is 4.12. The standard InChI is InChI=1S/C18H25N3O3S2/c1-12(2)14-5-7-15(8-6-14)26(23,24)19-10-9-17(22)21-18-20-16(11-25-18)13(3)4/h5-8,11-13,19H,9-10H2,1-4H3,(H,20,21,22). The minimum Gasteiger partial charge on any atom is -0.302 e. The van der Waals surface area contributed by atoms with Gasteiger partial charge in [0.15, 0.2) is 5.13 Å². The highest BCUT2D eigenvalue weighted by Crippen LogP contribution is 2.21. The molecule has 0 spiro atoms. The molecule has 0 fully saturated rings. The quantitative estimate of drug-likeness (QED) is 0.713. The maximum Gasteiger partial charge on any atom is 0.240 e. The van der Waals surface area contributed by atoms with E-state index in [1.54, 1.807) is 24.3 Å². The number of anilines is 1. The number of nitrogens with zero attached hydrogens (tertiary/aromatic N) is 1. The van der Waals surface area contributed by atoms with Crippen molar-refractivity contribution < 1.29 is 13.2 Å². The number of thiazole rings is 1. The highest BCUT2D eigenvalue weighted by Gasteiger charge is 2.15. The number of hydrogen-bond acceptors (Lipinski definition) is 5. The number of amides is 1. The van der Waals surface area contributed by atoms with E-state index in [9.17, 15) is 13.2 Å². The van der Waals surface area contributed by atoms with E-state index >= 15 is 0 Å². The molecular weight excluding hydrogens is 370 g/mol. The van der Waals surface area contributed by atoms with Crippen LogP contribution in [0.4, 0.5) is 5.13 Å². The molecule has 0 bridgehead atoms. The summed E-state index contributed by atoms with van der Waals surface area (Å²) >= 11 is 1.36. The summed E-state index contributed by atoms with van der Waals surface area (Å²) in [7, 11) is -3.62. The zero-order chi connectivity index (χ0) is 19.3. The second-order valence-electron chi connectivity index (χ2n) is 6.65. The maximum absolute atomic E-state index is 12.3. The Morgan fingerprint density at radius 3 is 2.31 bits per heavy atom. The van der Waals surface area contributed by atoms with Gasteiger partial charge in [0.1, 0.15) is 0 Å². The highest BCUT2D eigenvalue weighted by atomic mass is 32.2. The van der Waals surface area contributed by atoms with E-state index in [1.807, 2.05) is 33.1 Å². The van der Waals surface area contributed by atoms with Crippen molar-refractivity contribution in [3.05, 3.63) is 40.9 Å². The van der Waals surface area contributed by atoms with Gasteiger partial charge in [0.2, 0.25) is 15.9 Å². The first-order valence-electron chi connectivity index (χ1n) is 8.54. The largest absolute Gasteiger partial charge is 0.302 e. The first-order valence-corrected chi connectivity index (χ1v) is 10.9. The van der Waals surface area contributed by atoms with Gasteiger partial charge >= 0.3 is 0 Å². The molecule has 0 atom stereocenters. The summed E-state index contributed by atoms with van der Waals surface area (Å²) in [6.07, 6.45) is 0.0416. The fourth-order valence-electron chi connectivity index (χ4n) is 2.20. The van der Waals surface area contributed by atoms with Crippen LogP contribution in [0.1, 0.15) is 57.2 Å². The molecule has 0 saturated carbocycles. The Bertz CT molecular complexity index is 841. The number of nitrogens with one attached hydrogen (secondary N) is 2. The predicted molar refractivity (Wildman–Crippen MR) is 105 cm³/mol. The van der Waals surface area contributed by atoms with E-state index in [2.05, 4.69) is 15.0 Å². The number of sulfonamides is 1. The van der Waals surface area contributed by atoms with Crippen LogP contribution in [-0.2, 0) is 14.8 Å². The van der Waals surface area contributed by atoms with Crippen molar-refractivity contribution in [1.82, 2.24) is 9.71 Å². The van der Waals surface area contributed by atoms with Crippen molar-refractivity contribution >= 4 is 32.4 Å². The SMILES string of the molecule is CC(C)c1ccc(S(=O)(=O)NCCC(=O)Nc2nc(C(C)C)cs2)cc1. The molecule has 1 amide bonds. The van der Waals surface area contributed by atoms with Crippen LogP contribution in [0.5, 0.6) is 0 Å². The Morgan fingerprint density at radius 2 is 1.77 bits per heavy atom. The molecule has 2 rings (SSSR count). The van der Waals surface area contributed by atoms with E-state index < -0.39 is 10.0 Å². The molecule has 2 aromatic rings. The Balaban J connectivity index is 1.86. The van der Waals surface area contributed by atoms with Crippen LogP contribution in [0, 0.1) is 0 Å². The van der Waals surface area contributed by atoms with Crippen LogP contribution in [0.2, 0.25) is 0 Å². The molecule has 6 nitrogen and oxygen atoms in total. The van der Waals surface area contributed by atoms with Gasteiger partial charge in [-0.25, -0.2) is 18.1 Å². The summed E-state index contributed by atoms with van der Waals surface area (Å²) in [6.45, 7) is 8.19. The second-order valence-corrected chi connectivity index (χ2v) is 9.28. The number of carbonyl (C=O) groups is 1. The topological polar surface area (TPSA) is 88.2 Å². The molecule has 0 saturated heterocycles. The Kier molecular flexibility index (Phi) is 6.91. The molecule has 0 aliphatic heterocycles. The zero-order valence-electron chi connectivity index (χ0n) is 15.4. The third kappa shape index (κ3) is 5.62. The van der Waals surface area contributed by atoms with Crippen LogP contribution < -0.4 is 10.0 Å². The lowest BCUT2D eigenvalue weighted by atomic mass is 10.0. The van der Waals surface area contributed by atoms with Crippen molar-refractivity contribution in [1.29, 1.82) is 0 Å². The van der Waals surface area contributed by atoms with Crippen LogP contribution >= 0.6 is 11.3 Å². The third-order valence-corrected chi connectivity index (χ3v) is 6.11. The molecule has 8 heteroatoms. The van der Waals surface area contributed by atoms with E-state index in [0.717, 1.165) is 11.3 Å². The molecule has 0 unspecified atom stereocenters. The number of benzene rings is 1. The highest BCUT2D eigenvalue weighted by molar-refractivity contribution is 7.89. The summed E-state index contributed by atoms with van der Waals surface area (Å²) in [5, 5.41) is 5.14. The van der Waals surface area contributed by atoms with E-state index in [4.69, 9.17) is 0 Å². The summed E-state index contributed by atoms with van der Waals surface area (Å²) in [5.41, 5.74) is 2.00. The fraction of sp³-hybridized carbons (Fsp3) is 0.444. The summed E-state index contributed by atoms with van der Waals surface area (Å²) < 4.78 is 27.0. The molecule has 1 heterocycles. The number of aromatic nitrogens is 1. The maximum atomic E-state index is 12.3. The van der Waals surface area contributed by atoms with Gasteiger partial charge in [0, 0.05) is 18.3 Å². The van der Waals surface area contributed by atoms with Gasteiger partial charge in [0.25, 0.3) is 0 Å². The van der Waals surface area contributed by atoms with Crippen molar-refractivity contribution in [3.8, 4) is 0 Å². The average Bonchev–Trinajstić information content (AvgIpc) is 3.03. The normalized spacial score (nSPS) is 11.9. The molecule has 0 radical (unpaired) electrons. The lowest BCUT2D eigenvalue weighted by Gasteiger charge is -2.09. The molecule has 2 N–H and O–H groups in total. The van der Waals surface area contributed by atoms with Crippen LogP contribution in [0.15, 0.2) is 34.5 Å². The van der Waals surface area contributed by atoms with Crippen molar-refractivity contribution in [3.63, 3.8) is 0 Å². The van der Waals surface area contributed by atoms with Crippen molar-refractivity contribution in [2.75, 3.05) is 11.9 Å². The number of rotatable bonds is 8. The van der Waals surface area contributed by atoms with E-state index in [1.165, 1.54) is 11.3 Å². The first kappa shape index (κ1) is 20.5. The summed E-state index contributed by atoms with van der Waals surface area (Å²) in [4.78, 5) is 16.5.